The van der Waals surface area contributed by atoms with Gasteiger partial charge in [-0.3, -0.25) is 9.59 Å². The van der Waals surface area contributed by atoms with Crippen LogP contribution in [0.4, 0.5) is 0 Å². The number of amides is 1. The number of ether oxygens (including phenoxy) is 2. The molecule has 6 nitrogen and oxygen atoms in total. The average Bonchev–Trinajstić information content (AvgIpc) is 3.16. The highest BCUT2D eigenvalue weighted by molar-refractivity contribution is 5.80. The first-order chi connectivity index (χ1) is 12.6. The molecular formula is C20H21NO5. The van der Waals surface area contributed by atoms with Crippen LogP contribution in [-0.2, 0) is 16.2 Å². The van der Waals surface area contributed by atoms with E-state index >= 15 is 0 Å². The van der Waals surface area contributed by atoms with Crippen LogP contribution >= 0.6 is 0 Å². The van der Waals surface area contributed by atoms with Crippen LogP contribution in [0.3, 0.4) is 0 Å². The van der Waals surface area contributed by atoms with Gasteiger partial charge < -0.3 is 19.5 Å². The number of benzene rings is 2. The fraction of sp³-hybridized carbons (Fsp3) is 0.300. The molecule has 2 aromatic carbocycles. The van der Waals surface area contributed by atoms with E-state index < -0.39 is 11.9 Å². The van der Waals surface area contributed by atoms with Crippen molar-refractivity contribution in [3.8, 4) is 11.5 Å². The summed E-state index contributed by atoms with van der Waals surface area (Å²) >= 11 is 0. The SMILES string of the molecule is O=C(O)[C@@H]1CCN(C(=O)COc2ccccc2OCc2ccccc2)C1. The molecule has 0 radical (unpaired) electrons. The molecule has 1 saturated heterocycles. The summed E-state index contributed by atoms with van der Waals surface area (Å²) in [7, 11) is 0. The molecule has 3 rings (SSSR count). The third kappa shape index (κ3) is 4.53. The lowest BCUT2D eigenvalue weighted by Crippen LogP contribution is -2.33. The van der Waals surface area contributed by atoms with Gasteiger partial charge in [0.15, 0.2) is 18.1 Å². The van der Waals surface area contributed by atoms with Crippen LogP contribution in [-0.4, -0.2) is 41.6 Å². The van der Waals surface area contributed by atoms with Crippen LogP contribution in [0.5, 0.6) is 11.5 Å². The number of carboxylic acid groups (broad SMARTS) is 1. The van der Waals surface area contributed by atoms with Crippen molar-refractivity contribution < 1.29 is 24.2 Å². The molecule has 0 aliphatic carbocycles. The number of rotatable bonds is 7. The highest BCUT2D eigenvalue weighted by Crippen LogP contribution is 2.27. The first-order valence-electron chi connectivity index (χ1n) is 8.52. The summed E-state index contributed by atoms with van der Waals surface area (Å²) in [5.41, 5.74) is 1.04. The number of carbonyl (C=O) groups is 2. The molecule has 1 aliphatic heterocycles. The molecule has 0 unspecified atom stereocenters. The molecule has 0 spiro atoms. The molecule has 26 heavy (non-hydrogen) atoms. The van der Waals surface area contributed by atoms with E-state index in [4.69, 9.17) is 14.6 Å². The lowest BCUT2D eigenvalue weighted by Gasteiger charge is -2.17. The Balaban J connectivity index is 1.55. The summed E-state index contributed by atoms with van der Waals surface area (Å²) in [5, 5.41) is 9.02. The smallest absolute Gasteiger partial charge is 0.308 e. The monoisotopic (exact) mass is 355 g/mol. The molecule has 0 saturated carbocycles. The lowest BCUT2D eigenvalue weighted by atomic mass is 10.1. The van der Waals surface area contributed by atoms with Crippen LogP contribution in [0, 0.1) is 5.92 Å². The average molecular weight is 355 g/mol. The van der Waals surface area contributed by atoms with Gasteiger partial charge in [0.25, 0.3) is 5.91 Å². The van der Waals surface area contributed by atoms with Crippen LogP contribution in [0.1, 0.15) is 12.0 Å². The predicted octanol–water partition coefficient (Wildman–Crippen LogP) is 2.58. The third-order valence-electron chi connectivity index (χ3n) is 4.33. The number of carbonyl (C=O) groups excluding carboxylic acids is 1. The van der Waals surface area contributed by atoms with Crippen molar-refractivity contribution in [2.75, 3.05) is 19.7 Å². The summed E-state index contributed by atoms with van der Waals surface area (Å²) in [6.07, 6.45) is 0.484. The van der Waals surface area contributed by atoms with E-state index in [0.29, 0.717) is 31.1 Å². The van der Waals surface area contributed by atoms with Gasteiger partial charge in [-0.15, -0.1) is 0 Å². The van der Waals surface area contributed by atoms with Gasteiger partial charge in [-0.1, -0.05) is 42.5 Å². The molecular weight excluding hydrogens is 334 g/mol. The number of hydrogen-bond donors (Lipinski definition) is 1. The minimum Gasteiger partial charge on any atom is -0.485 e. The Labute approximate surface area is 152 Å². The van der Waals surface area contributed by atoms with Crippen LogP contribution in [0.25, 0.3) is 0 Å². The first-order valence-corrected chi connectivity index (χ1v) is 8.52. The Bertz CT molecular complexity index is 762. The summed E-state index contributed by atoms with van der Waals surface area (Å²) in [4.78, 5) is 24.8. The summed E-state index contributed by atoms with van der Waals surface area (Å²) in [5.74, 6) is -0.507. The van der Waals surface area contributed by atoms with E-state index in [1.54, 1.807) is 12.1 Å². The molecule has 0 aromatic heterocycles. The number of aliphatic carboxylic acids is 1. The highest BCUT2D eigenvalue weighted by Gasteiger charge is 2.30. The largest absolute Gasteiger partial charge is 0.485 e. The van der Waals surface area contributed by atoms with Gasteiger partial charge in [0.05, 0.1) is 5.92 Å². The first kappa shape index (κ1) is 17.8. The van der Waals surface area contributed by atoms with Crippen LogP contribution in [0.15, 0.2) is 54.6 Å². The second-order valence-corrected chi connectivity index (χ2v) is 6.17. The number of carboxylic acids is 1. The van der Waals surface area contributed by atoms with E-state index in [2.05, 4.69) is 0 Å². The lowest BCUT2D eigenvalue weighted by molar-refractivity contribution is -0.141. The van der Waals surface area contributed by atoms with Crippen molar-refractivity contribution in [3.05, 3.63) is 60.2 Å². The molecule has 6 heteroatoms. The zero-order chi connectivity index (χ0) is 18.4. The van der Waals surface area contributed by atoms with Gasteiger partial charge >= 0.3 is 5.97 Å². The van der Waals surface area contributed by atoms with E-state index in [1.165, 1.54) is 4.90 Å². The fourth-order valence-corrected chi connectivity index (χ4v) is 2.84. The maximum Gasteiger partial charge on any atom is 0.308 e. The topological polar surface area (TPSA) is 76.1 Å². The third-order valence-corrected chi connectivity index (χ3v) is 4.33. The highest BCUT2D eigenvalue weighted by atomic mass is 16.5. The molecule has 136 valence electrons. The van der Waals surface area contributed by atoms with Crippen molar-refractivity contribution in [2.45, 2.75) is 13.0 Å². The van der Waals surface area contributed by atoms with Gasteiger partial charge in [-0.25, -0.2) is 0 Å². The maximum atomic E-state index is 12.2. The molecule has 1 fully saturated rings. The van der Waals surface area contributed by atoms with E-state index in [0.717, 1.165) is 5.56 Å². The van der Waals surface area contributed by atoms with Gasteiger partial charge in [-0.2, -0.15) is 0 Å². The molecule has 2 aromatic rings. The van der Waals surface area contributed by atoms with Gasteiger partial charge in [0.2, 0.25) is 0 Å². The molecule has 0 bridgehead atoms. The van der Waals surface area contributed by atoms with Crippen molar-refractivity contribution in [3.63, 3.8) is 0 Å². The fourth-order valence-electron chi connectivity index (χ4n) is 2.84. The van der Waals surface area contributed by atoms with Crippen molar-refractivity contribution in [1.29, 1.82) is 0 Å². The molecule has 1 aliphatic rings. The summed E-state index contributed by atoms with van der Waals surface area (Å²) in [6.45, 7) is 0.953. The zero-order valence-corrected chi connectivity index (χ0v) is 14.3. The van der Waals surface area contributed by atoms with E-state index in [9.17, 15) is 9.59 Å². The second-order valence-electron chi connectivity index (χ2n) is 6.17. The second kappa shape index (κ2) is 8.38. The molecule has 1 N–H and O–H groups in total. The van der Waals surface area contributed by atoms with Crippen molar-refractivity contribution in [1.82, 2.24) is 4.90 Å². The minimum atomic E-state index is -0.860. The number of nitrogens with zero attached hydrogens (tertiary/aromatic N) is 1. The Kier molecular flexibility index (Phi) is 5.73. The minimum absolute atomic E-state index is 0.141. The van der Waals surface area contributed by atoms with Gasteiger partial charge in [-0.05, 0) is 24.1 Å². The summed E-state index contributed by atoms with van der Waals surface area (Å²) in [6, 6.07) is 17.0. The standard InChI is InChI=1S/C20H21NO5/c22-19(21-11-10-16(12-21)20(23)24)14-26-18-9-5-4-8-17(18)25-13-15-6-2-1-3-7-15/h1-9,16H,10-14H2,(H,23,24)/t16-/m1/s1. The molecule has 1 atom stereocenters. The normalized spacial score (nSPS) is 16.3. The Morgan fingerprint density at radius 3 is 2.31 bits per heavy atom. The Morgan fingerprint density at radius 2 is 1.65 bits per heavy atom. The number of hydrogen-bond acceptors (Lipinski definition) is 4. The Morgan fingerprint density at radius 1 is 1.00 bits per heavy atom. The summed E-state index contributed by atoms with van der Waals surface area (Å²) < 4.78 is 11.4. The van der Waals surface area contributed by atoms with E-state index in [-0.39, 0.29) is 19.1 Å². The van der Waals surface area contributed by atoms with Gasteiger partial charge in [0.1, 0.15) is 6.61 Å². The van der Waals surface area contributed by atoms with E-state index in [1.807, 2.05) is 42.5 Å². The maximum absolute atomic E-state index is 12.2. The van der Waals surface area contributed by atoms with Gasteiger partial charge in [0, 0.05) is 13.1 Å². The molecule has 1 amide bonds. The quantitative estimate of drug-likeness (QED) is 0.826. The van der Waals surface area contributed by atoms with Crippen molar-refractivity contribution in [2.24, 2.45) is 5.92 Å². The van der Waals surface area contributed by atoms with Crippen LogP contribution < -0.4 is 9.47 Å². The van der Waals surface area contributed by atoms with Crippen molar-refractivity contribution >= 4 is 11.9 Å². The number of para-hydroxylation sites is 2. The number of likely N-dealkylation sites (tertiary alicyclic amines) is 1. The Hall–Kier alpha value is -3.02. The molecule has 1 heterocycles. The van der Waals surface area contributed by atoms with Crippen LogP contribution in [0.2, 0.25) is 0 Å². The predicted molar refractivity (Wildman–Crippen MR) is 95.0 cm³/mol. The zero-order valence-electron chi connectivity index (χ0n) is 14.3.